The molecule has 4 bridgehead atoms. The van der Waals surface area contributed by atoms with Gasteiger partial charge in [-0.15, -0.1) is 0 Å². The van der Waals surface area contributed by atoms with Gasteiger partial charge in [0, 0.05) is 11.1 Å². The number of ether oxygens (including phenoxy) is 1. The SMILES string of the molecule is Cc1ccc(NC(=O)COC(=O)[C@H](C)NC(=O)C23CC4CC(CC(C4)C2)C3)cc1C. The fraction of sp³-hybridized carbons (Fsp3) is 0.625. The second kappa shape index (κ2) is 8.05. The molecule has 4 saturated carbocycles. The second-order valence-corrected chi connectivity index (χ2v) is 9.85. The van der Waals surface area contributed by atoms with Gasteiger partial charge in [0.1, 0.15) is 6.04 Å². The molecule has 2 amide bonds. The van der Waals surface area contributed by atoms with Crippen LogP contribution in [0.15, 0.2) is 18.2 Å². The van der Waals surface area contributed by atoms with Crippen LogP contribution in [0.3, 0.4) is 0 Å². The molecular formula is C24H32N2O4. The predicted molar refractivity (Wildman–Crippen MR) is 114 cm³/mol. The van der Waals surface area contributed by atoms with Gasteiger partial charge in [0.15, 0.2) is 6.61 Å². The van der Waals surface area contributed by atoms with Crippen molar-refractivity contribution in [2.45, 2.75) is 65.3 Å². The van der Waals surface area contributed by atoms with Crippen molar-refractivity contribution in [3.63, 3.8) is 0 Å². The number of hydrogen-bond acceptors (Lipinski definition) is 4. The first-order chi connectivity index (χ1) is 14.2. The van der Waals surface area contributed by atoms with E-state index in [1.54, 1.807) is 6.92 Å². The maximum atomic E-state index is 13.1. The Morgan fingerprint density at radius 2 is 1.63 bits per heavy atom. The highest BCUT2D eigenvalue weighted by molar-refractivity contribution is 5.94. The van der Waals surface area contributed by atoms with Gasteiger partial charge in [-0.3, -0.25) is 9.59 Å². The van der Waals surface area contributed by atoms with Crippen molar-refractivity contribution in [3.05, 3.63) is 29.3 Å². The molecule has 5 rings (SSSR count). The summed E-state index contributed by atoms with van der Waals surface area (Å²) in [6.07, 6.45) is 6.64. The summed E-state index contributed by atoms with van der Waals surface area (Å²) in [6, 6.07) is 4.86. The Balaban J connectivity index is 1.26. The number of esters is 1. The molecule has 162 valence electrons. The Hall–Kier alpha value is -2.37. The van der Waals surface area contributed by atoms with Gasteiger partial charge in [0.2, 0.25) is 5.91 Å². The van der Waals surface area contributed by atoms with Gasteiger partial charge in [-0.1, -0.05) is 6.07 Å². The van der Waals surface area contributed by atoms with Crippen LogP contribution in [0.1, 0.15) is 56.6 Å². The van der Waals surface area contributed by atoms with E-state index in [2.05, 4.69) is 10.6 Å². The third-order valence-electron chi connectivity index (χ3n) is 7.36. The molecule has 0 unspecified atom stereocenters. The minimum atomic E-state index is -0.764. The summed E-state index contributed by atoms with van der Waals surface area (Å²) in [6.45, 7) is 5.23. The lowest BCUT2D eigenvalue weighted by molar-refractivity contribution is -0.154. The van der Waals surface area contributed by atoms with E-state index in [0.717, 1.165) is 30.4 Å². The van der Waals surface area contributed by atoms with Crippen LogP contribution in [0.5, 0.6) is 0 Å². The summed E-state index contributed by atoms with van der Waals surface area (Å²) >= 11 is 0. The molecule has 1 aromatic carbocycles. The zero-order valence-corrected chi connectivity index (χ0v) is 18.1. The monoisotopic (exact) mass is 412 g/mol. The lowest BCUT2D eigenvalue weighted by Crippen LogP contribution is -2.56. The molecule has 2 N–H and O–H groups in total. The van der Waals surface area contributed by atoms with Crippen LogP contribution < -0.4 is 10.6 Å². The molecule has 6 nitrogen and oxygen atoms in total. The smallest absolute Gasteiger partial charge is 0.328 e. The van der Waals surface area contributed by atoms with E-state index >= 15 is 0 Å². The lowest BCUT2D eigenvalue weighted by atomic mass is 9.49. The number of carbonyl (C=O) groups is 3. The molecule has 1 atom stereocenters. The van der Waals surface area contributed by atoms with Crippen LogP contribution in [0, 0.1) is 37.0 Å². The number of anilines is 1. The Morgan fingerprint density at radius 3 is 2.20 bits per heavy atom. The van der Waals surface area contributed by atoms with Gasteiger partial charge in [-0.2, -0.15) is 0 Å². The van der Waals surface area contributed by atoms with Crippen molar-refractivity contribution in [1.29, 1.82) is 0 Å². The van der Waals surface area contributed by atoms with E-state index in [9.17, 15) is 14.4 Å². The summed E-state index contributed by atoms with van der Waals surface area (Å²) in [7, 11) is 0. The number of rotatable bonds is 6. The van der Waals surface area contributed by atoms with Crippen LogP contribution in [-0.4, -0.2) is 30.4 Å². The molecule has 30 heavy (non-hydrogen) atoms. The van der Waals surface area contributed by atoms with E-state index in [-0.39, 0.29) is 17.9 Å². The lowest BCUT2D eigenvalue weighted by Gasteiger charge is -2.55. The van der Waals surface area contributed by atoms with E-state index in [1.165, 1.54) is 19.3 Å². The zero-order valence-electron chi connectivity index (χ0n) is 18.1. The summed E-state index contributed by atoms with van der Waals surface area (Å²) in [5.41, 5.74) is 2.58. The van der Waals surface area contributed by atoms with Crippen molar-refractivity contribution in [3.8, 4) is 0 Å². The van der Waals surface area contributed by atoms with Gasteiger partial charge < -0.3 is 15.4 Å². The van der Waals surface area contributed by atoms with Crippen molar-refractivity contribution in [1.82, 2.24) is 5.32 Å². The maximum absolute atomic E-state index is 13.1. The highest BCUT2D eigenvalue weighted by atomic mass is 16.5. The first-order valence-electron chi connectivity index (χ1n) is 11.1. The van der Waals surface area contributed by atoms with Gasteiger partial charge >= 0.3 is 5.97 Å². The molecule has 4 aliphatic rings. The van der Waals surface area contributed by atoms with Crippen LogP contribution in [0.2, 0.25) is 0 Å². The molecule has 0 aliphatic heterocycles. The first-order valence-corrected chi connectivity index (χ1v) is 11.1. The van der Waals surface area contributed by atoms with Crippen molar-refractivity contribution >= 4 is 23.5 Å². The molecule has 0 spiro atoms. The maximum Gasteiger partial charge on any atom is 0.328 e. The highest BCUT2D eigenvalue weighted by Gasteiger charge is 2.54. The third-order valence-corrected chi connectivity index (χ3v) is 7.36. The topological polar surface area (TPSA) is 84.5 Å². The van der Waals surface area contributed by atoms with E-state index < -0.39 is 17.9 Å². The Bertz CT molecular complexity index is 827. The van der Waals surface area contributed by atoms with Crippen LogP contribution >= 0.6 is 0 Å². The number of hydrogen-bond donors (Lipinski definition) is 2. The van der Waals surface area contributed by atoms with Crippen LogP contribution in [-0.2, 0) is 19.1 Å². The number of nitrogens with one attached hydrogen (secondary N) is 2. The van der Waals surface area contributed by atoms with Gasteiger partial charge in [-0.25, -0.2) is 4.79 Å². The van der Waals surface area contributed by atoms with Gasteiger partial charge in [-0.05, 0) is 100 Å². The summed E-state index contributed by atoms with van der Waals surface area (Å²) in [4.78, 5) is 37.5. The fourth-order valence-corrected chi connectivity index (χ4v) is 6.08. The molecule has 0 radical (unpaired) electrons. The predicted octanol–water partition coefficient (Wildman–Crippen LogP) is 3.51. The van der Waals surface area contributed by atoms with Crippen LogP contribution in [0.4, 0.5) is 5.69 Å². The normalized spacial score (nSPS) is 29.9. The summed E-state index contributed by atoms with van der Waals surface area (Å²) < 4.78 is 5.15. The third kappa shape index (κ3) is 4.23. The molecule has 1 aromatic rings. The van der Waals surface area contributed by atoms with Crippen molar-refractivity contribution in [2.75, 3.05) is 11.9 Å². The standard InChI is InChI=1S/C24H32N2O4/c1-14-4-5-20(6-15(14)2)26-21(27)13-30-22(28)16(3)25-23(29)24-10-17-7-18(11-24)9-19(8-17)12-24/h4-6,16-19H,7-13H2,1-3H3,(H,25,29)(H,26,27)/t16-,17?,18?,19?,24?/m0/s1. The molecule has 0 heterocycles. The molecule has 4 fully saturated rings. The Kier molecular flexibility index (Phi) is 5.60. The molecule has 0 aromatic heterocycles. The minimum absolute atomic E-state index is 0.00867. The Morgan fingerprint density at radius 1 is 1.03 bits per heavy atom. The van der Waals surface area contributed by atoms with Crippen molar-refractivity contribution < 1.29 is 19.1 Å². The molecular weight excluding hydrogens is 380 g/mol. The van der Waals surface area contributed by atoms with E-state index in [0.29, 0.717) is 23.4 Å². The average Bonchev–Trinajstić information content (AvgIpc) is 2.68. The largest absolute Gasteiger partial charge is 0.454 e. The highest BCUT2D eigenvalue weighted by Crippen LogP contribution is 2.60. The number of aryl methyl sites for hydroxylation is 2. The number of benzene rings is 1. The van der Waals surface area contributed by atoms with E-state index in [4.69, 9.17) is 4.74 Å². The summed E-state index contributed by atoms with van der Waals surface area (Å²) in [5.74, 6) is 1.01. The number of carbonyl (C=O) groups excluding carboxylic acids is 3. The quantitative estimate of drug-likeness (QED) is 0.701. The molecule has 4 aliphatic carbocycles. The van der Waals surface area contributed by atoms with Crippen LogP contribution in [0.25, 0.3) is 0 Å². The zero-order chi connectivity index (χ0) is 21.5. The summed E-state index contributed by atoms with van der Waals surface area (Å²) in [5, 5.41) is 5.61. The number of amides is 2. The fourth-order valence-electron chi connectivity index (χ4n) is 6.08. The van der Waals surface area contributed by atoms with Crippen molar-refractivity contribution in [2.24, 2.45) is 23.2 Å². The van der Waals surface area contributed by atoms with E-state index in [1.807, 2.05) is 32.0 Å². The first kappa shape index (κ1) is 20.9. The average molecular weight is 413 g/mol. The molecule has 6 heteroatoms. The minimum Gasteiger partial charge on any atom is -0.454 e. The van der Waals surface area contributed by atoms with Gasteiger partial charge in [0.25, 0.3) is 5.91 Å². The second-order valence-electron chi connectivity index (χ2n) is 9.85. The molecule has 0 saturated heterocycles. The van der Waals surface area contributed by atoms with Gasteiger partial charge in [0.05, 0.1) is 0 Å². The Labute approximate surface area is 178 Å².